The third-order valence-electron chi connectivity index (χ3n) is 3.90. The highest BCUT2D eigenvalue weighted by molar-refractivity contribution is 6.30. The molecule has 1 aromatic rings. The summed E-state index contributed by atoms with van der Waals surface area (Å²) in [6, 6.07) is 4.12. The lowest BCUT2D eigenvalue weighted by molar-refractivity contribution is 0.312. The fourth-order valence-corrected chi connectivity index (χ4v) is 3.07. The van der Waals surface area contributed by atoms with E-state index in [1.807, 2.05) is 6.07 Å². The van der Waals surface area contributed by atoms with Crippen molar-refractivity contribution >= 4 is 11.6 Å². The Morgan fingerprint density at radius 2 is 2.10 bits per heavy atom. The highest BCUT2D eigenvalue weighted by Crippen LogP contribution is 2.37. The first-order valence-corrected chi connectivity index (χ1v) is 8.04. The van der Waals surface area contributed by atoms with Gasteiger partial charge in [-0.25, -0.2) is 0 Å². The zero-order chi connectivity index (χ0) is 14.6. The number of ether oxygens (including phenoxy) is 1. The number of halogens is 1. The average Bonchev–Trinajstić information content (AvgIpc) is 2.82. The Morgan fingerprint density at radius 1 is 1.30 bits per heavy atom. The lowest BCUT2D eigenvalue weighted by Crippen LogP contribution is -2.24. The van der Waals surface area contributed by atoms with E-state index < -0.39 is 0 Å². The molecule has 0 aliphatic carbocycles. The molecular weight excluding hydrogens is 270 g/mol. The summed E-state index contributed by atoms with van der Waals surface area (Å²) in [5, 5.41) is 4.32. The zero-order valence-electron chi connectivity index (χ0n) is 12.9. The van der Waals surface area contributed by atoms with Crippen molar-refractivity contribution in [2.75, 3.05) is 19.7 Å². The van der Waals surface area contributed by atoms with E-state index >= 15 is 0 Å². The van der Waals surface area contributed by atoms with Crippen LogP contribution >= 0.6 is 11.6 Å². The van der Waals surface area contributed by atoms with Crippen LogP contribution in [-0.2, 0) is 12.8 Å². The second-order valence-electron chi connectivity index (χ2n) is 6.49. The second-order valence-corrected chi connectivity index (χ2v) is 6.93. The predicted octanol–water partition coefficient (Wildman–Crippen LogP) is 4.23. The molecule has 0 amide bonds. The van der Waals surface area contributed by atoms with E-state index in [-0.39, 0.29) is 5.41 Å². The molecule has 3 heteroatoms. The van der Waals surface area contributed by atoms with Crippen LogP contribution in [0.5, 0.6) is 5.75 Å². The molecule has 0 unspecified atom stereocenters. The molecule has 0 radical (unpaired) electrons. The van der Waals surface area contributed by atoms with Gasteiger partial charge in [-0.15, -0.1) is 0 Å². The molecule has 20 heavy (non-hydrogen) atoms. The summed E-state index contributed by atoms with van der Waals surface area (Å²) in [5.74, 6) is 1.09. The van der Waals surface area contributed by atoms with Crippen molar-refractivity contribution in [3.8, 4) is 5.75 Å². The van der Waals surface area contributed by atoms with Crippen LogP contribution in [0.25, 0.3) is 0 Å². The van der Waals surface area contributed by atoms with Gasteiger partial charge in [0.1, 0.15) is 5.75 Å². The summed E-state index contributed by atoms with van der Waals surface area (Å²) >= 11 is 6.24. The van der Waals surface area contributed by atoms with Crippen LogP contribution < -0.4 is 10.1 Å². The molecular formula is C17H26ClNO. The van der Waals surface area contributed by atoms with Gasteiger partial charge in [-0.1, -0.05) is 32.4 Å². The van der Waals surface area contributed by atoms with Gasteiger partial charge in [0.05, 0.1) is 6.61 Å². The molecule has 0 atom stereocenters. The fourth-order valence-electron chi connectivity index (χ4n) is 2.81. The lowest BCUT2D eigenvalue weighted by atomic mass is 9.82. The highest BCUT2D eigenvalue weighted by Gasteiger charge is 2.24. The molecule has 1 heterocycles. The van der Waals surface area contributed by atoms with E-state index in [9.17, 15) is 0 Å². The zero-order valence-corrected chi connectivity index (χ0v) is 13.6. The van der Waals surface area contributed by atoms with Crippen LogP contribution in [0.4, 0.5) is 0 Å². The Hall–Kier alpha value is -0.730. The molecule has 0 spiro atoms. The van der Waals surface area contributed by atoms with Crippen molar-refractivity contribution in [2.24, 2.45) is 5.41 Å². The standard InChI is InChI=1S/C17H26ClNO/c1-4-7-19-8-6-17(2,3)12-14-11-15(18)10-13-5-9-20-16(13)14/h10-11,19H,4-9,12H2,1-3H3. The average molecular weight is 296 g/mol. The Morgan fingerprint density at radius 3 is 2.85 bits per heavy atom. The SMILES string of the molecule is CCCNCCC(C)(C)Cc1cc(Cl)cc2c1OCC2. The largest absolute Gasteiger partial charge is 0.493 e. The van der Waals surface area contributed by atoms with Crippen LogP contribution in [0, 0.1) is 5.41 Å². The van der Waals surface area contributed by atoms with Crippen molar-refractivity contribution in [1.29, 1.82) is 0 Å². The van der Waals surface area contributed by atoms with Gasteiger partial charge in [-0.2, -0.15) is 0 Å². The van der Waals surface area contributed by atoms with Gasteiger partial charge in [-0.05, 0) is 61.0 Å². The van der Waals surface area contributed by atoms with Crippen LogP contribution in [0.3, 0.4) is 0 Å². The van der Waals surface area contributed by atoms with Crippen molar-refractivity contribution < 1.29 is 4.74 Å². The molecule has 1 aliphatic heterocycles. The molecule has 2 rings (SSSR count). The minimum Gasteiger partial charge on any atom is -0.493 e. The molecule has 0 bridgehead atoms. The van der Waals surface area contributed by atoms with Gasteiger partial charge < -0.3 is 10.1 Å². The van der Waals surface area contributed by atoms with E-state index in [0.29, 0.717) is 0 Å². The van der Waals surface area contributed by atoms with Gasteiger partial charge in [0.2, 0.25) is 0 Å². The smallest absolute Gasteiger partial charge is 0.125 e. The summed E-state index contributed by atoms with van der Waals surface area (Å²) in [6.07, 6.45) is 4.36. The maximum Gasteiger partial charge on any atom is 0.125 e. The van der Waals surface area contributed by atoms with Crippen LogP contribution in [0.15, 0.2) is 12.1 Å². The van der Waals surface area contributed by atoms with Crippen LogP contribution in [-0.4, -0.2) is 19.7 Å². The molecule has 1 aliphatic rings. The first kappa shape index (κ1) is 15.7. The number of fused-ring (bicyclic) bond motifs is 1. The fraction of sp³-hybridized carbons (Fsp3) is 0.647. The van der Waals surface area contributed by atoms with E-state index in [2.05, 4.69) is 32.2 Å². The first-order chi connectivity index (χ1) is 9.52. The van der Waals surface area contributed by atoms with Gasteiger partial charge in [0.15, 0.2) is 0 Å². The summed E-state index contributed by atoms with van der Waals surface area (Å²) in [5.41, 5.74) is 2.79. The molecule has 0 aromatic heterocycles. The number of nitrogens with one attached hydrogen (secondary N) is 1. The first-order valence-electron chi connectivity index (χ1n) is 7.66. The number of benzene rings is 1. The van der Waals surface area contributed by atoms with Crippen molar-refractivity contribution in [3.63, 3.8) is 0 Å². The number of hydrogen-bond acceptors (Lipinski definition) is 2. The number of rotatable bonds is 7. The minimum atomic E-state index is 0.255. The maximum atomic E-state index is 6.24. The van der Waals surface area contributed by atoms with Crippen molar-refractivity contribution in [3.05, 3.63) is 28.3 Å². The predicted molar refractivity (Wildman–Crippen MR) is 85.9 cm³/mol. The molecule has 0 fully saturated rings. The molecule has 112 valence electrons. The highest BCUT2D eigenvalue weighted by atomic mass is 35.5. The molecule has 0 saturated heterocycles. The third-order valence-corrected chi connectivity index (χ3v) is 4.12. The minimum absolute atomic E-state index is 0.255. The van der Waals surface area contributed by atoms with E-state index in [1.165, 1.54) is 17.5 Å². The van der Waals surface area contributed by atoms with E-state index in [0.717, 1.165) is 49.7 Å². The van der Waals surface area contributed by atoms with Gasteiger partial charge in [0, 0.05) is 11.4 Å². The summed E-state index contributed by atoms with van der Waals surface area (Å²) in [7, 11) is 0. The topological polar surface area (TPSA) is 21.3 Å². The molecule has 1 N–H and O–H groups in total. The Balaban J connectivity index is 2.02. The summed E-state index contributed by atoms with van der Waals surface area (Å²) in [6.45, 7) is 9.81. The van der Waals surface area contributed by atoms with Gasteiger partial charge in [0.25, 0.3) is 0 Å². The van der Waals surface area contributed by atoms with E-state index in [1.54, 1.807) is 0 Å². The van der Waals surface area contributed by atoms with Crippen LogP contribution in [0.2, 0.25) is 5.02 Å². The van der Waals surface area contributed by atoms with Gasteiger partial charge in [-0.3, -0.25) is 0 Å². The molecule has 1 aromatic carbocycles. The summed E-state index contributed by atoms with van der Waals surface area (Å²) < 4.78 is 5.80. The molecule has 0 saturated carbocycles. The van der Waals surface area contributed by atoms with Crippen molar-refractivity contribution in [2.45, 2.75) is 46.5 Å². The maximum absolute atomic E-state index is 6.24. The number of hydrogen-bond donors (Lipinski definition) is 1. The Kier molecular flexibility index (Phi) is 5.34. The second kappa shape index (κ2) is 6.82. The normalized spacial score (nSPS) is 14.2. The summed E-state index contributed by atoms with van der Waals surface area (Å²) in [4.78, 5) is 0. The van der Waals surface area contributed by atoms with E-state index in [4.69, 9.17) is 16.3 Å². The quantitative estimate of drug-likeness (QED) is 0.760. The van der Waals surface area contributed by atoms with Crippen LogP contribution in [0.1, 0.15) is 44.7 Å². The Labute approximate surface area is 127 Å². The molecule has 2 nitrogen and oxygen atoms in total. The lowest BCUT2D eigenvalue weighted by Gasteiger charge is -2.26. The Bertz CT molecular complexity index is 457. The monoisotopic (exact) mass is 295 g/mol. The van der Waals surface area contributed by atoms with Gasteiger partial charge >= 0.3 is 0 Å². The van der Waals surface area contributed by atoms with Crippen molar-refractivity contribution in [1.82, 2.24) is 5.32 Å². The third kappa shape index (κ3) is 4.13.